The van der Waals surface area contributed by atoms with Gasteiger partial charge in [-0.1, -0.05) is 194 Å². The average molecular weight is 739 g/mol. The molecule has 0 amide bonds. The zero-order valence-electron chi connectivity index (χ0n) is 35.7. The van der Waals surface area contributed by atoms with Gasteiger partial charge in [0.2, 0.25) is 0 Å². The summed E-state index contributed by atoms with van der Waals surface area (Å²) in [7, 11) is 0. The fraction of sp³-hybridized carbons (Fsp3) is 1.00. The van der Waals surface area contributed by atoms with Crippen LogP contribution in [0.5, 0.6) is 0 Å². The smallest absolute Gasteiger partial charge is 0.0664 e. The summed E-state index contributed by atoms with van der Waals surface area (Å²) in [6.45, 7) is 8.51. The Labute approximate surface area is 327 Å². The Morgan fingerprint density at radius 1 is 0.404 bits per heavy atom. The van der Waals surface area contributed by atoms with E-state index in [4.69, 9.17) is 11.5 Å². The van der Waals surface area contributed by atoms with E-state index in [-0.39, 0.29) is 17.7 Å². The maximum absolute atomic E-state index is 10.8. The van der Waals surface area contributed by atoms with E-state index in [9.17, 15) is 10.2 Å². The minimum atomic E-state index is -0.259. The lowest BCUT2D eigenvalue weighted by atomic mass is 9.82. The van der Waals surface area contributed by atoms with Crippen molar-refractivity contribution in [2.45, 2.75) is 263 Å². The second-order valence-electron chi connectivity index (χ2n) is 16.8. The molecule has 52 heavy (non-hydrogen) atoms. The molecule has 2 atom stereocenters. The van der Waals surface area contributed by atoms with Crippen molar-refractivity contribution in [2.24, 2.45) is 11.5 Å². The van der Waals surface area contributed by atoms with Gasteiger partial charge in [-0.2, -0.15) is 0 Å². The van der Waals surface area contributed by atoms with Crippen LogP contribution >= 0.6 is 0 Å². The molecule has 0 radical (unpaired) electrons. The number of aliphatic hydroxyl groups excluding tert-OH is 2. The van der Waals surface area contributed by atoms with E-state index in [1.807, 2.05) is 0 Å². The van der Waals surface area contributed by atoms with E-state index < -0.39 is 0 Å². The van der Waals surface area contributed by atoms with Gasteiger partial charge in [-0.15, -0.1) is 0 Å². The third-order valence-electron chi connectivity index (χ3n) is 11.6. The van der Waals surface area contributed by atoms with Gasteiger partial charge >= 0.3 is 0 Å². The Morgan fingerprint density at radius 3 is 1.13 bits per heavy atom. The van der Waals surface area contributed by atoms with Crippen LogP contribution < -0.4 is 22.1 Å². The minimum absolute atomic E-state index is 0.0640. The van der Waals surface area contributed by atoms with Crippen molar-refractivity contribution >= 4 is 0 Å². The first kappa shape index (κ1) is 51.8. The van der Waals surface area contributed by atoms with Gasteiger partial charge in [-0.25, -0.2) is 0 Å². The van der Waals surface area contributed by atoms with Gasteiger partial charge in [0, 0.05) is 18.6 Å². The zero-order chi connectivity index (χ0) is 38.1. The number of hydrogen-bond acceptors (Lipinski definition) is 6. The largest absolute Gasteiger partial charge is 0.392 e. The molecule has 8 N–H and O–H groups in total. The summed E-state index contributed by atoms with van der Waals surface area (Å²) in [5.74, 6) is 0. The molecular formula is C46H98N4O2. The van der Waals surface area contributed by atoms with Crippen molar-refractivity contribution in [1.82, 2.24) is 10.6 Å². The highest BCUT2D eigenvalue weighted by molar-refractivity contribution is 4.89. The van der Waals surface area contributed by atoms with E-state index in [0.717, 1.165) is 71.1 Å². The van der Waals surface area contributed by atoms with Gasteiger partial charge < -0.3 is 32.3 Å². The predicted molar refractivity (Wildman–Crippen MR) is 231 cm³/mol. The van der Waals surface area contributed by atoms with Crippen molar-refractivity contribution in [3.8, 4) is 0 Å². The van der Waals surface area contributed by atoms with E-state index in [0.29, 0.717) is 6.54 Å². The second kappa shape index (κ2) is 41.9. The van der Waals surface area contributed by atoms with Crippen LogP contribution in [0.15, 0.2) is 0 Å². The molecule has 0 aliphatic carbocycles. The summed E-state index contributed by atoms with van der Waals surface area (Å²) in [4.78, 5) is 0. The molecule has 0 saturated carbocycles. The van der Waals surface area contributed by atoms with Crippen LogP contribution in [0.2, 0.25) is 0 Å². The SMILES string of the molecule is CCCCCCCCCCCCC(O)CNCCCCCCCCCCCC(CCCN)(CCCN)NCC(O)CCCCCCCCCCCC. The Hall–Kier alpha value is -0.240. The summed E-state index contributed by atoms with van der Waals surface area (Å²) in [5.41, 5.74) is 12.0. The average Bonchev–Trinajstić information content (AvgIpc) is 3.15. The van der Waals surface area contributed by atoms with Crippen LogP contribution in [0.4, 0.5) is 0 Å². The molecule has 0 aliphatic heterocycles. The molecule has 0 bridgehead atoms. The minimum Gasteiger partial charge on any atom is -0.392 e. The van der Waals surface area contributed by atoms with Crippen LogP contribution in [0.1, 0.15) is 245 Å². The maximum Gasteiger partial charge on any atom is 0.0664 e. The molecule has 0 saturated heterocycles. The van der Waals surface area contributed by atoms with Crippen LogP contribution in [0.25, 0.3) is 0 Å². The molecule has 0 rings (SSSR count). The highest BCUT2D eigenvalue weighted by Crippen LogP contribution is 2.27. The van der Waals surface area contributed by atoms with Crippen molar-refractivity contribution in [2.75, 3.05) is 32.7 Å². The quantitative estimate of drug-likeness (QED) is 0.0346. The summed E-state index contributed by atoms with van der Waals surface area (Å²) in [5, 5.41) is 28.5. The van der Waals surface area contributed by atoms with Gasteiger partial charge in [-0.3, -0.25) is 0 Å². The van der Waals surface area contributed by atoms with Gasteiger partial charge in [0.05, 0.1) is 12.2 Å². The van der Waals surface area contributed by atoms with Crippen LogP contribution in [0, 0.1) is 0 Å². The number of β-amino-alcohol motifs (C(OH)–C–C–N with tert-alkyl or cyclic N) is 1. The molecule has 6 heteroatoms. The van der Waals surface area contributed by atoms with Gasteiger partial charge in [0.15, 0.2) is 0 Å². The van der Waals surface area contributed by atoms with E-state index >= 15 is 0 Å². The molecule has 0 aromatic heterocycles. The molecule has 0 fully saturated rings. The zero-order valence-corrected chi connectivity index (χ0v) is 35.7. The molecule has 0 aromatic carbocycles. The molecule has 0 spiro atoms. The number of aliphatic hydroxyl groups is 2. The molecule has 0 heterocycles. The first-order valence-corrected chi connectivity index (χ1v) is 23.8. The van der Waals surface area contributed by atoms with Crippen molar-refractivity contribution < 1.29 is 10.2 Å². The summed E-state index contributed by atoms with van der Waals surface area (Å²) < 4.78 is 0. The van der Waals surface area contributed by atoms with Crippen molar-refractivity contribution in [3.63, 3.8) is 0 Å². The third-order valence-corrected chi connectivity index (χ3v) is 11.6. The van der Waals surface area contributed by atoms with Crippen molar-refractivity contribution in [1.29, 1.82) is 0 Å². The van der Waals surface area contributed by atoms with Crippen molar-refractivity contribution in [3.05, 3.63) is 0 Å². The highest BCUT2D eigenvalue weighted by Gasteiger charge is 2.28. The maximum atomic E-state index is 10.8. The van der Waals surface area contributed by atoms with Crippen LogP contribution in [0.3, 0.4) is 0 Å². The monoisotopic (exact) mass is 739 g/mol. The van der Waals surface area contributed by atoms with Crippen LogP contribution in [-0.4, -0.2) is 60.7 Å². The third kappa shape index (κ3) is 36.7. The Bertz CT molecular complexity index is 658. The standard InChI is InChI=1S/C46H98N4O2/c1-3-5-7-9-11-13-16-20-24-28-34-44(51)42-49-41-31-27-23-19-15-18-22-26-30-36-46(37-32-39-47,38-33-40-48)50-43-45(52)35-29-25-21-17-14-12-10-8-6-4-2/h44-45,49-52H,3-43,47-48H2,1-2H3. The summed E-state index contributed by atoms with van der Waals surface area (Å²) >= 11 is 0. The Balaban J connectivity index is 3.94. The van der Waals surface area contributed by atoms with E-state index in [2.05, 4.69) is 24.5 Å². The van der Waals surface area contributed by atoms with Gasteiger partial charge in [0.25, 0.3) is 0 Å². The summed E-state index contributed by atoms with van der Waals surface area (Å²) in [6, 6.07) is 0. The topological polar surface area (TPSA) is 117 Å². The predicted octanol–water partition coefficient (Wildman–Crippen LogP) is 11.6. The number of unbranched alkanes of at least 4 members (excludes halogenated alkanes) is 26. The fourth-order valence-corrected chi connectivity index (χ4v) is 8.01. The second-order valence-corrected chi connectivity index (χ2v) is 16.8. The summed E-state index contributed by atoms with van der Waals surface area (Å²) in [6.07, 6.45) is 45.4. The van der Waals surface area contributed by atoms with Crippen LogP contribution in [-0.2, 0) is 0 Å². The lowest BCUT2D eigenvalue weighted by Crippen LogP contribution is -2.49. The Morgan fingerprint density at radius 2 is 0.731 bits per heavy atom. The normalized spacial score (nSPS) is 13.3. The molecule has 314 valence electrons. The first-order chi connectivity index (χ1) is 25.5. The first-order valence-electron chi connectivity index (χ1n) is 23.8. The number of nitrogens with two attached hydrogens (primary N) is 2. The number of rotatable bonds is 45. The number of hydrogen-bond donors (Lipinski definition) is 6. The lowest BCUT2D eigenvalue weighted by molar-refractivity contribution is 0.131. The molecular weight excluding hydrogens is 641 g/mol. The van der Waals surface area contributed by atoms with Gasteiger partial charge in [-0.05, 0) is 71.0 Å². The highest BCUT2D eigenvalue weighted by atomic mass is 16.3. The Kier molecular flexibility index (Phi) is 41.7. The van der Waals surface area contributed by atoms with E-state index in [1.54, 1.807) is 0 Å². The van der Waals surface area contributed by atoms with E-state index in [1.165, 1.54) is 186 Å². The van der Waals surface area contributed by atoms with Gasteiger partial charge in [0.1, 0.15) is 0 Å². The molecule has 2 unspecified atom stereocenters. The number of nitrogens with one attached hydrogen (secondary N) is 2. The molecule has 0 aliphatic rings. The molecule has 6 nitrogen and oxygen atoms in total. The lowest BCUT2D eigenvalue weighted by Gasteiger charge is -2.37. The fourth-order valence-electron chi connectivity index (χ4n) is 8.01. The molecule has 0 aromatic rings.